The first kappa shape index (κ1) is 14.4. The van der Waals surface area contributed by atoms with Gasteiger partial charge in [0.2, 0.25) is 0 Å². The zero-order valence-electron chi connectivity index (χ0n) is 11.8. The Labute approximate surface area is 116 Å². The van der Waals surface area contributed by atoms with E-state index in [4.69, 9.17) is 4.74 Å². The van der Waals surface area contributed by atoms with Crippen molar-refractivity contribution >= 4 is 0 Å². The normalized spacial score (nSPS) is 18.2. The quantitative estimate of drug-likeness (QED) is 0.828. The maximum absolute atomic E-state index is 10.1. The van der Waals surface area contributed by atoms with E-state index in [0.717, 1.165) is 44.5 Å². The number of hydrogen-bond acceptors (Lipinski definition) is 3. The molecule has 1 fully saturated rings. The molecule has 2 N–H and O–H groups in total. The molecule has 2 rings (SSSR count). The molecule has 1 aromatic carbocycles. The fraction of sp³-hybridized carbons (Fsp3) is 0.625. The highest BCUT2D eigenvalue weighted by molar-refractivity contribution is 5.28. The first-order valence-corrected chi connectivity index (χ1v) is 7.40. The smallest absolute Gasteiger partial charge is 0.119 e. The van der Waals surface area contributed by atoms with Gasteiger partial charge in [0, 0.05) is 6.42 Å². The molecule has 0 bridgehead atoms. The van der Waals surface area contributed by atoms with Crippen LogP contribution in [0.15, 0.2) is 24.3 Å². The minimum Gasteiger partial charge on any atom is -0.493 e. The SMILES string of the molecule is CCc1cccc(OCCC(O)C2CCNCC2)c1. The summed E-state index contributed by atoms with van der Waals surface area (Å²) in [5.74, 6) is 1.35. The zero-order valence-corrected chi connectivity index (χ0v) is 11.8. The Bertz CT molecular complexity index is 375. The van der Waals surface area contributed by atoms with E-state index in [2.05, 4.69) is 24.4 Å². The summed E-state index contributed by atoms with van der Waals surface area (Å²) in [6, 6.07) is 8.20. The number of aryl methyl sites for hydroxylation is 1. The second-order valence-electron chi connectivity index (χ2n) is 5.29. The van der Waals surface area contributed by atoms with Crippen molar-refractivity contribution in [1.29, 1.82) is 0 Å². The summed E-state index contributed by atoms with van der Waals surface area (Å²) in [6.45, 7) is 4.79. The summed E-state index contributed by atoms with van der Waals surface area (Å²) < 4.78 is 5.73. The van der Waals surface area contributed by atoms with Crippen molar-refractivity contribution in [2.24, 2.45) is 5.92 Å². The first-order chi connectivity index (χ1) is 9.29. The number of nitrogens with one attached hydrogen (secondary N) is 1. The molecule has 3 nitrogen and oxygen atoms in total. The van der Waals surface area contributed by atoms with Crippen molar-refractivity contribution in [3.8, 4) is 5.75 Å². The van der Waals surface area contributed by atoms with Gasteiger partial charge < -0.3 is 15.2 Å². The molecule has 0 radical (unpaired) electrons. The minimum atomic E-state index is -0.226. The molecule has 0 aromatic heterocycles. The predicted molar refractivity (Wildman–Crippen MR) is 77.5 cm³/mol. The van der Waals surface area contributed by atoms with Gasteiger partial charge in [0.15, 0.2) is 0 Å². The minimum absolute atomic E-state index is 0.226. The molecule has 1 heterocycles. The Morgan fingerprint density at radius 3 is 2.89 bits per heavy atom. The third kappa shape index (κ3) is 4.51. The molecule has 106 valence electrons. The Kier molecular flexibility index (Phi) is 5.67. The van der Waals surface area contributed by atoms with Gasteiger partial charge in [0.1, 0.15) is 5.75 Å². The molecule has 0 saturated carbocycles. The lowest BCUT2D eigenvalue weighted by molar-refractivity contribution is 0.0674. The van der Waals surface area contributed by atoms with Crippen molar-refractivity contribution in [1.82, 2.24) is 5.32 Å². The third-order valence-corrected chi connectivity index (χ3v) is 3.92. The number of aliphatic hydroxyl groups excluding tert-OH is 1. The lowest BCUT2D eigenvalue weighted by Crippen LogP contribution is -2.34. The Morgan fingerprint density at radius 1 is 1.37 bits per heavy atom. The zero-order chi connectivity index (χ0) is 13.5. The largest absolute Gasteiger partial charge is 0.493 e. The van der Waals surface area contributed by atoms with E-state index in [1.807, 2.05) is 12.1 Å². The van der Waals surface area contributed by atoms with Crippen LogP contribution in [-0.2, 0) is 6.42 Å². The van der Waals surface area contributed by atoms with Crippen LogP contribution in [0, 0.1) is 5.92 Å². The molecule has 1 aliphatic rings. The van der Waals surface area contributed by atoms with Crippen LogP contribution in [-0.4, -0.2) is 30.9 Å². The number of piperidine rings is 1. The number of ether oxygens (including phenoxy) is 1. The Morgan fingerprint density at radius 2 is 2.16 bits per heavy atom. The standard InChI is InChI=1S/C16H25NO2/c1-2-13-4-3-5-15(12-13)19-11-8-16(18)14-6-9-17-10-7-14/h3-5,12,14,16-18H,2,6-11H2,1H3. The van der Waals surface area contributed by atoms with Crippen LogP contribution in [0.4, 0.5) is 0 Å². The lowest BCUT2D eigenvalue weighted by atomic mass is 9.91. The van der Waals surface area contributed by atoms with Gasteiger partial charge in [-0.3, -0.25) is 0 Å². The number of aliphatic hydroxyl groups is 1. The highest BCUT2D eigenvalue weighted by Gasteiger charge is 2.21. The molecule has 0 aliphatic carbocycles. The number of hydrogen-bond donors (Lipinski definition) is 2. The molecule has 1 atom stereocenters. The van der Waals surface area contributed by atoms with Crippen LogP contribution in [0.5, 0.6) is 5.75 Å². The molecule has 1 unspecified atom stereocenters. The summed E-state index contributed by atoms with van der Waals surface area (Å²) in [6.07, 6.45) is 3.67. The van der Waals surface area contributed by atoms with Crippen molar-refractivity contribution in [3.63, 3.8) is 0 Å². The van der Waals surface area contributed by atoms with Gasteiger partial charge in [0.25, 0.3) is 0 Å². The van der Waals surface area contributed by atoms with E-state index in [1.165, 1.54) is 5.56 Å². The van der Waals surface area contributed by atoms with Gasteiger partial charge in [-0.1, -0.05) is 19.1 Å². The van der Waals surface area contributed by atoms with Crippen LogP contribution in [0.25, 0.3) is 0 Å². The van der Waals surface area contributed by atoms with Gasteiger partial charge in [0.05, 0.1) is 12.7 Å². The molecule has 0 amide bonds. The van der Waals surface area contributed by atoms with Crippen LogP contribution in [0.1, 0.15) is 31.7 Å². The molecule has 19 heavy (non-hydrogen) atoms. The van der Waals surface area contributed by atoms with E-state index >= 15 is 0 Å². The van der Waals surface area contributed by atoms with E-state index in [9.17, 15) is 5.11 Å². The molecule has 0 spiro atoms. The van der Waals surface area contributed by atoms with E-state index in [0.29, 0.717) is 12.5 Å². The molecule has 1 aliphatic heterocycles. The predicted octanol–water partition coefficient (Wildman–Crippen LogP) is 2.38. The summed E-state index contributed by atoms with van der Waals surface area (Å²) in [5, 5.41) is 13.5. The van der Waals surface area contributed by atoms with Gasteiger partial charge >= 0.3 is 0 Å². The summed E-state index contributed by atoms with van der Waals surface area (Å²) >= 11 is 0. The van der Waals surface area contributed by atoms with Gasteiger partial charge in [-0.05, 0) is 56.0 Å². The second kappa shape index (κ2) is 7.51. The van der Waals surface area contributed by atoms with Crippen LogP contribution in [0.2, 0.25) is 0 Å². The number of benzene rings is 1. The molecular weight excluding hydrogens is 238 g/mol. The summed E-state index contributed by atoms with van der Waals surface area (Å²) in [4.78, 5) is 0. The maximum atomic E-state index is 10.1. The molecule has 3 heteroatoms. The average molecular weight is 263 g/mol. The van der Waals surface area contributed by atoms with Gasteiger partial charge in [-0.2, -0.15) is 0 Å². The van der Waals surface area contributed by atoms with Crippen LogP contribution in [0.3, 0.4) is 0 Å². The fourth-order valence-electron chi connectivity index (χ4n) is 2.62. The highest BCUT2D eigenvalue weighted by Crippen LogP contribution is 2.19. The Hall–Kier alpha value is -1.06. The third-order valence-electron chi connectivity index (χ3n) is 3.92. The van der Waals surface area contributed by atoms with Crippen LogP contribution < -0.4 is 10.1 Å². The van der Waals surface area contributed by atoms with E-state index < -0.39 is 0 Å². The first-order valence-electron chi connectivity index (χ1n) is 7.40. The maximum Gasteiger partial charge on any atom is 0.119 e. The van der Waals surface area contributed by atoms with Crippen LogP contribution >= 0.6 is 0 Å². The lowest BCUT2D eigenvalue weighted by Gasteiger charge is -2.27. The number of rotatable bonds is 6. The summed E-state index contributed by atoms with van der Waals surface area (Å²) in [7, 11) is 0. The summed E-state index contributed by atoms with van der Waals surface area (Å²) in [5.41, 5.74) is 1.29. The van der Waals surface area contributed by atoms with Crippen molar-refractivity contribution in [2.45, 2.75) is 38.7 Å². The molecule has 1 aromatic rings. The van der Waals surface area contributed by atoms with Crippen molar-refractivity contribution < 1.29 is 9.84 Å². The molecular formula is C16H25NO2. The van der Waals surface area contributed by atoms with Gasteiger partial charge in [-0.15, -0.1) is 0 Å². The Balaban J connectivity index is 1.72. The van der Waals surface area contributed by atoms with Crippen molar-refractivity contribution in [3.05, 3.63) is 29.8 Å². The second-order valence-corrected chi connectivity index (χ2v) is 5.29. The van der Waals surface area contributed by atoms with Gasteiger partial charge in [-0.25, -0.2) is 0 Å². The monoisotopic (exact) mass is 263 g/mol. The topological polar surface area (TPSA) is 41.5 Å². The molecule has 1 saturated heterocycles. The van der Waals surface area contributed by atoms with Crippen molar-refractivity contribution in [2.75, 3.05) is 19.7 Å². The average Bonchev–Trinajstić information content (AvgIpc) is 2.48. The fourth-order valence-corrected chi connectivity index (χ4v) is 2.62. The van der Waals surface area contributed by atoms with E-state index in [1.54, 1.807) is 0 Å². The van der Waals surface area contributed by atoms with E-state index in [-0.39, 0.29) is 6.10 Å². The highest BCUT2D eigenvalue weighted by atomic mass is 16.5.